The maximum Gasteiger partial charge on any atom is 0.251 e. The molecular formula is C18H32IN5O. The third-order valence-corrected chi connectivity index (χ3v) is 3.42. The summed E-state index contributed by atoms with van der Waals surface area (Å²) in [5.74, 6) is 0.724. The van der Waals surface area contributed by atoms with Crippen molar-refractivity contribution in [1.29, 1.82) is 0 Å². The second-order valence-corrected chi connectivity index (χ2v) is 6.63. The van der Waals surface area contributed by atoms with E-state index in [1.54, 1.807) is 14.1 Å². The molecule has 4 N–H and O–H groups in total. The number of guanidine groups is 1. The standard InChI is InChI=1S/C18H31N5O.HI/c1-18(2,3)23-12-11-22-17(20-5)21-10-9-14-7-6-8-15(13-14)16(24)19-4;/h6-8,13,23H,9-12H2,1-5H3,(H,19,24)(H2,20,21,22);1H. The first-order valence-corrected chi connectivity index (χ1v) is 8.36. The van der Waals surface area contributed by atoms with E-state index in [0.29, 0.717) is 5.56 Å². The predicted octanol–water partition coefficient (Wildman–Crippen LogP) is 1.76. The molecule has 0 aliphatic carbocycles. The van der Waals surface area contributed by atoms with Crippen LogP contribution < -0.4 is 21.3 Å². The summed E-state index contributed by atoms with van der Waals surface area (Å²) >= 11 is 0. The molecule has 0 saturated carbocycles. The van der Waals surface area contributed by atoms with Gasteiger partial charge in [0.2, 0.25) is 0 Å². The van der Waals surface area contributed by atoms with Crippen molar-refractivity contribution >= 4 is 35.8 Å². The van der Waals surface area contributed by atoms with E-state index < -0.39 is 0 Å². The first-order chi connectivity index (χ1) is 11.4. The smallest absolute Gasteiger partial charge is 0.251 e. The van der Waals surface area contributed by atoms with Crippen molar-refractivity contribution in [3.05, 3.63) is 35.4 Å². The molecule has 1 rings (SSSR count). The van der Waals surface area contributed by atoms with Gasteiger partial charge in [0.25, 0.3) is 5.91 Å². The number of amides is 1. The second-order valence-electron chi connectivity index (χ2n) is 6.63. The molecule has 0 aromatic heterocycles. The zero-order valence-corrected chi connectivity index (χ0v) is 18.2. The first kappa shape index (κ1) is 23.6. The lowest BCUT2D eigenvalue weighted by Crippen LogP contribution is -2.44. The van der Waals surface area contributed by atoms with Gasteiger partial charge < -0.3 is 21.3 Å². The summed E-state index contributed by atoms with van der Waals surface area (Å²) in [5.41, 5.74) is 1.92. The van der Waals surface area contributed by atoms with Crippen LogP contribution in [0.5, 0.6) is 0 Å². The molecule has 0 aliphatic rings. The van der Waals surface area contributed by atoms with Crippen molar-refractivity contribution in [2.75, 3.05) is 33.7 Å². The van der Waals surface area contributed by atoms with Crippen LogP contribution in [0.4, 0.5) is 0 Å². The van der Waals surface area contributed by atoms with Crippen LogP contribution in [0.25, 0.3) is 0 Å². The highest BCUT2D eigenvalue weighted by Crippen LogP contribution is 2.05. The molecular weight excluding hydrogens is 429 g/mol. The zero-order valence-electron chi connectivity index (χ0n) is 15.9. The second kappa shape index (κ2) is 12.1. The highest BCUT2D eigenvalue weighted by Gasteiger charge is 2.07. The molecule has 0 bridgehead atoms. The molecule has 0 unspecified atom stereocenters. The lowest BCUT2D eigenvalue weighted by atomic mass is 10.1. The molecule has 0 heterocycles. The lowest BCUT2D eigenvalue weighted by molar-refractivity contribution is 0.0963. The summed E-state index contributed by atoms with van der Waals surface area (Å²) in [4.78, 5) is 15.9. The van der Waals surface area contributed by atoms with E-state index in [4.69, 9.17) is 0 Å². The average molecular weight is 461 g/mol. The van der Waals surface area contributed by atoms with Gasteiger partial charge in [-0.25, -0.2) is 0 Å². The molecule has 1 aromatic rings. The Hall–Kier alpha value is -1.35. The minimum Gasteiger partial charge on any atom is -0.356 e. The van der Waals surface area contributed by atoms with Gasteiger partial charge in [-0.1, -0.05) is 12.1 Å². The van der Waals surface area contributed by atoms with Crippen molar-refractivity contribution in [3.8, 4) is 0 Å². The SMILES string of the molecule is CN=C(NCCNC(C)(C)C)NCCc1cccc(C(=O)NC)c1.I. The number of benzene rings is 1. The normalized spacial score (nSPS) is 11.5. The Morgan fingerprint density at radius 1 is 1.12 bits per heavy atom. The summed E-state index contributed by atoms with van der Waals surface area (Å²) in [6.07, 6.45) is 0.825. The maximum absolute atomic E-state index is 11.6. The van der Waals surface area contributed by atoms with E-state index in [2.05, 4.69) is 47.0 Å². The molecule has 1 aromatic carbocycles. The van der Waals surface area contributed by atoms with Crippen molar-refractivity contribution in [2.45, 2.75) is 32.7 Å². The summed E-state index contributed by atoms with van der Waals surface area (Å²) in [5, 5.41) is 12.6. The summed E-state index contributed by atoms with van der Waals surface area (Å²) in [7, 11) is 3.40. The highest BCUT2D eigenvalue weighted by atomic mass is 127. The first-order valence-electron chi connectivity index (χ1n) is 8.36. The van der Waals surface area contributed by atoms with Gasteiger partial charge in [0, 0.05) is 44.8 Å². The minimum absolute atomic E-state index is 0. The quantitative estimate of drug-likeness (QED) is 0.216. The van der Waals surface area contributed by atoms with Crippen LogP contribution in [0, 0.1) is 0 Å². The molecule has 6 nitrogen and oxygen atoms in total. The zero-order chi connectivity index (χ0) is 18.0. The van der Waals surface area contributed by atoms with Crippen molar-refractivity contribution in [2.24, 2.45) is 4.99 Å². The molecule has 0 spiro atoms. The van der Waals surface area contributed by atoms with Crippen molar-refractivity contribution in [1.82, 2.24) is 21.3 Å². The van der Waals surface area contributed by atoms with Gasteiger partial charge >= 0.3 is 0 Å². The van der Waals surface area contributed by atoms with Crippen LogP contribution in [0.1, 0.15) is 36.7 Å². The van der Waals surface area contributed by atoms with E-state index in [0.717, 1.165) is 37.6 Å². The Morgan fingerprint density at radius 3 is 2.40 bits per heavy atom. The van der Waals surface area contributed by atoms with Crippen LogP contribution >= 0.6 is 24.0 Å². The van der Waals surface area contributed by atoms with Crippen LogP contribution in [0.15, 0.2) is 29.3 Å². The van der Waals surface area contributed by atoms with E-state index in [-0.39, 0.29) is 35.4 Å². The van der Waals surface area contributed by atoms with Crippen LogP contribution in [-0.4, -0.2) is 51.1 Å². The topological polar surface area (TPSA) is 77.6 Å². The molecule has 1 amide bonds. The van der Waals surface area contributed by atoms with Gasteiger partial charge in [0.05, 0.1) is 0 Å². The Labute approximate surface area is 168 Å². The molecule has 0 saturated heterocycles. The number of carbonyl (C=O) groups is 1. The van der Waals surface area contributed by atoms with Gasteiger partial charge in [-0.15, -0.1) is 24.0 Å². The highest BCUT2D eigenvalue weighted by molar-refractivity contribution is 14.0. The molecule has 0 fully saturated rings. The average Bonchev–Trinajstić information content (AvgIpc) is 2.55. The number of nitrogens with one attached hydrogen (secondary N) is 4. The Balaban J connectivity index is 0.00000576. The predicted molar refractivity (Wildman–Crippen MR) is 116 cm³/mol. The number of halogens is 1. The molecule has 142 valence electrons. The van der Waals surface area contributed by atoms with Crippen LogP contribution in [0.2, 0.25) is 0 Å². The van der Waals surface area contributed by atoms with Gasteiger partial charge in [-0.05, 0) is 44.9 Å². The van der Waals surface area contributed by atoms with Gasteiger partial charge in [0.15, 0.2) is 5.96 Å². The third kappa shape index (κ3) is 10.3. The number of hydrogen-bond acceptors (Lipinski definition) is 3. The van der Waals surface area contributed by atoms with Crippen molar-refractivity contribution < 1.29 is 4.79 Å². The Morgan fingerprint density at radius 2 is 1.80 bits per heavy atom. The van der Waals surface area contributed by atoms with E-state index in [9.17, 15) is 4.79 Å². The molecule has 7 heteroatoms. The van der Waals surface area contributed by atoms with Crippen LogP contribution in [-0.2, 0) is 6.42 Å². The van der Waals surface area contributed by atoms with Gasteiger partial charge in [0.1, 0.15) is 0 Å². The maximum atomic E-state index is 11.6. The summed E-state index contributed by atoms with van der Waals surface area (Å²) in [6, 6.07) is 7.67. The van der Waals surface area contributed by atoms with E-state index in [1.165, 1.54) is 0 Å². The van der Waals surface area contributed by atoms with Gasteiger partial charge in [-0.2, -0.15) is 0 Å². The molecule has 0 aliphatic heterocycles. The summed E-state index contributed by atoms with van der Waals surface area (Å²) in [6.45, 7) is 8.87. The van der Waals surface area contributed by atoms with E-state index >= 15 is 0 Å². The number of rotatable bonds is 7. The Bertz CT molecular complexity index is 555. The van der Waals surface area contributed by atoms with E-state index in [1.807, 2.05) is 24.3 Å². The minimum atomic E-state index is -0.0615. The fourth-order valence-corrected chi connectivity index (χ4v) is 2.18. The third-order valence-electron chi connectivity index (χ3n) is 3.42. The lowest BCUT2D eigenvalue weighted by Gasteiger charge is -2.21. The number of carbonyl (C=O) groups excluding carboxylic acids is 1. The molecule has 25 heavy (non-hydrogen) atoms. The molecule has 0 atom stereocenters. The number of hydrogen-bond donors (Lipinski definition) is 4. The number of nitrogens with zero attached hydrogens (tertiary/aromatic N) is 1. The fraction of sp³-hybridized carbons (Fsp3) is 0.556. The van der Waals surface area contributed by atoms with Crippen LogP contribution in [0.3, 0.4) is 0 Å². The monoisotopic (exact) mass is 461 g/mol. The van der Waals surface area contributed by atoms with Gasteiger partial charge in [-0.3, -0.25) is 9.79 Å². The largest absolute Gasteiger partial charge is 0.356 e. The van der Waals surface area contributed by atoms with Crippen molar-refractivity contribution in [3.63, 3.8) is 0 Å². The number of aliphatic imine (C=N–C) groups is 1. The fourth-order valence-electron chi connectivity index (χ4n) is 2.18. The Kier molecular flexibility index (Phi) is 11.4. The summed E-state index contributed by atoms with van der Waals surface area (Å²) < 4.78 is 0. The molecule has 0 radical (unpaired) electrons.